The zero-order chi connectivity index (χ0) is 14.3. The number of hydrogen-bond acceptors (Lipinski definition) is 2. The Morgan fingerprint density at radius 2 is 2.25 bits per heavy atom. The third-order valence-electron chi connectivity index (χ3n) is 3.59. The molecule has 2 aromatic rings. The molecule has 4 nitrogen and oxygen atoms in total. The number of nitrogens with zero attached hydrogens (tertiary/aromatic N) is 2. The Bertz CT molecular complexity index is 663. The summed E-state index contributed by atoms with van der Waals surface area (Å²) in [5.74, 6) is 0.844. The van der Waals surface area contributed by atoms with E-state index in [1.165, 1.54) is 0 Å². The van der Waals surface area contributed by atoms with Gasteiger partial charge in [0.05, 0.1) is 6.20 Å². The summed E-state index contributed by atoms with van der Waals surface area (Å²) >= 11 is 6.06. The minimum Gasteiger partial charge on any atom is -0.311 e. The predicted molar refractivity (Wildman–Crippen MR) is 79.2 cm³/mol. The molecule has 5 heteroatoms. The van der Waals surface area contributed by atoms with Crippen LogP contribution in [0, 0.1) is 0 Å². The first-order chi connectivity index (χ1) is 9.56. The number of rotatable bonds is 2. The maximum atomic E-state index is 12.0. The Balaban J connectivity index is 2.09. The van der Waals surface area contributed by atoms with Gasteiger partial charge in [-0.2, -0.15) is 5.10 Å². The van der Waals surface area contributed by atoms with Crippen LogP contribution in [0.25, 0.3) is 0 Å². The zero-order valence-electron chi connectivity index (χ0n) is 11.4. The summed E-state index contributed by atoms with van der Waals surface area (Å²) < 4.78 is 1.85. The molecule has 1 atom stereocenters. The fourth-order valence-electron chi connectivity index (χ4n) is 2.65. The highest BCUT2D eigenvalue weighted by Crippen LogP contribution is 2.38. The molecule has 1 unspecified atom stereocenters. The van der Waals surface area contributed by atoms with Crippen LogP contribution in [-0.2, 0) is 4.79 Å². The Hall–Kier alpha value is -1.81. The maximum absolute atomic E-state index is 12.0. The number of aromatic nitrogens is 2. The quantitative estimate of drug-likeness (QED) is 0.918. The molecule has 1 aliphatic heterocycles. The highest BCUT2D eigenvalue weighted by atomic mass is 35.5. The van der Waals surface area contributed by atoms with Crippen molar-refractivity contribution in [2.75, 3.05) is 5.32 Å². The fourth-order valence-corrected chi connectivity index (χ4v) is 2.85. The van der Waals surface area contributed by atoms with E-state index in [2.05, 4.69) is 10.4 Å². The average Bonchev–Trinajstić information content (AvgIpc) is 2.81. The summed E-state index contributed by atoms with van der Waals surface area (Å²) in [5, 5.41) is 8.02. The van der Waals surface area contributed by atoms with Gasteiger partial charge < -0.3 is 5.32 Å². The van der Waals surface area contributed by atoms with Crippen LogP contribution in [0.5, 0.6) is 0 Å². The van der Waals surface area contributed by atoms with Crippen LogP contribution in [0.2, 0.25) is 5.02 Å². The molecule has 0 radical (unpaired) electrons. The molecule has 104 valence electrons. The highest BCUT2D eigenvalue weighted by Gasteiger charge is 2.30. The third-order valence-corrected chi connectivity index (χ3v) is 3.82. The van der Waals surface area contributed by atoms with E-state index in [1.807, 2.05) is 49.0 Å². The number of carbonyl (C=O) groups excluding carboxylic acids is 1. The lowest BCUT2D eigenvalue weighted by Gasteiger charge is -2.24. The number of fused-ring (bicyclic) bond motifs is 1. The van der Waals surface area contributed by atoms with Gasteiger partial charge in [-0.25, -0.2) is 4.68 Å². The first-order valence-corrected chi connectivity index (χ1v) is 7.06. The van der Waals surface area contributed by atoms with Gasteiger partial charge in [-0.3, -0.25) is 4.79 Å². The minimum absolute atomic E-state index is 0.0184. The van der Waals surface area contributed by atoms with Gasteiger partial charge in [0.1, 0.15) is 5.82 Å². The number of nitrogens with one attached hydrogen (secondary N) is 1. The van der Waals surface area contributed by atoms with Crippen molar-refractivity contribution in [3.8, 4) is 0 Å². The molecule has 0 saturated carbocycles. The van der Waals surface area contributed by atoms with Gasteiger partial charge in [0.15, 0.2) is 0 Å². The van der Waals surface area contributed by atoms with Crippen molar-refractivity contribution >= 4 is 23.3 Å². The van der Waals surface area contributed by atoms with E-state index in [0.29, 0.717) is 11.4 Å². The van der Waals surface area contributed by atoms with E-state index in [0.717, 1.165) is 16.9 Å². The van der Waals surface area contributed by atoms with Gasteiger partial charge >= 0.3 is 0 Å². The van der Waals surface area contributed by atoms with Crippen molar-refractivity contribution in [3.63, 3.8) is 0 Å². The topological polar surface area (TPSA) is 46.9 Å². The number of carbonyl (C=O) groups is 1. The molecule has 0 spiro atoms. The SMILES string of the molecule is CC(C)n1ncc2c1NC(=O)CC2c1cccc(Cl)c1. The molecule has 0 fully saturated rings. The summed E-state index contributed by atoms with van der Waals surface area (Å²) in [6, 6.07) is 7.88. The van der Waals surface area contributed by atoms with E-state index in [1.54, 1.807) is 0 Å². The lowest BCUT2D eigenvalue weighted by molar-refractivity contribution is -0.116. The van der Waals surface area contributed by atoms with Crippen LogP contribution < -0.4 is 5.32 Å². The Kier molecular flexibility index (Phi) is 3.26. The molecule has 2 heterocycles. The van der Waals surface area contributed by atoms with Crippen LogP contribution in [0.1, 0.15) is 43.4 Å². The fraction of sp³-hybridized carbons (Fsp3) is 0.333. The average molecular weight is 290 g/mol. The number of anilines is 1. The van der Waals surface area contributed by atoms with Crippen molar-refractivity contribution in [2.45, 2.75) is 32.2 Å². The lowest BCUT2D eigenvalue weighted by atomic mass is 9.87. The van der Waals surface area contributed by atoms with Gasteiger partial charge in [0, 0.05) is 29.0 Å². The first-order valence-electron chi connectivity index (χ1n) is 6.69. The highest BCUT2D eigenvalue weighted by molar-refractivity contribution is 6.30. The van der Waals surface area contributed by atoms with E-state index < -0.39 is 0 Å². The molecule has 1 amide bonds. The second-order valence-corrected chi connectivity index (χ2v) is 5.78. The van der Waals surface area contributed by atoms with Crippen molar-refractivity contribution in [3.05, 3.63) is 46.6 Å². The van der Waals surface area contributed by atoms with Crippen LogP contribution in [0.15, 0.2) is 30.5 Å². The largest absolute Gasteiger partial charge is 0.311 e. The second-order valence-electron chi connectivity index (χ2n) is 5.35. The Morgan fingerprint density at radius 3 is 2.95 bits per heavy atom. The van der Waals surface area contributed by atoms with Gasteiger partial charge in [0.2, 0.25) is 5.91 Å². The molecule has 1 aromatic carbocycles. The number of amides is 1. The van der Waals surface area contributed by atoms with Gasteiger partial charge in [-0.1, -0.05) is 23.7 Å². The van der Waals surface area contributed by atoms with Crippen LogP contribution >= 0.6 is 11.6 Å². The first kappa shape index (κ1) is 13.2. The number of benzene rings is 1. The second kappa shape index (κ2) is 4.94. The number of hydrogen-bond donors (Lipinski definition) is 1. The summed E-state index contributed by atoms with van der Waals surface area (Å²) in [6.45, 7) is 4.09. The van der Waals surface area contributed by atoms with E-state index in [4.69, 9.17) is 11.6 Å². The molecule has 1 N–H and O–H groups in total. The normalized spacial score (nSPS) is 18.0. The van der Waals surface area contributed by atoms with Crippen molar-refractivity contribution in [1.82, 2.24) is 9.78 Å². The molecule has 0 aliphatic carbocycles. The van der Waals surface area contributed by atoms with Crippen LogP contribution in [-0.4, -0.2) is 15.7 Å². The maximum Gasteiger partial charge on any atom is 0.226 e. The third kappa shape index (κ3) is 2.20. The molecule has 0 saturated heterocycles. The molecule has 20 heavy (non-hydrogen) atoms. The van der Waals surface area contributed by atoms with Crippen LogP contribution in [0.4, 0.5) is 5.82 Å². The van der Waals surface area contributed by atoms with Crippen molar-refractivity contribution in [2.24, 2.45) is 0 Å². The molecular formula is C15H16ClN3O. The molecule has 0 bridgehead atoms. The summed E-state index contributed by atoms with van der Waals surface area (Å²) in [7, 11) is 0. The van der Waals surface area contributed by atoms with Gasteiger partial charge in [0.25, 0.3) is 0 Å². The number of halogens is 1. The van der Waals surface area contributed by atoms with Gasteiger partial charge in [-0.15, -0.1) is 0 Å². The van der Waals surface area contributed by atoms with E-state index in [-0.39, 0.29) is 17.9 Å². The Morgan fingerprint density at radius 1 is 1.45 bits per heavy atom. The van der Waals surface area contributed by atoms with Crippen molar-refractivity contribution < 1.29 is 4.79 Å². The Labute approximate surface area is 122 Å². The summed E-state index contributed by atoms with van der Waals surface area (Å²) in [5.41, 5.74) is 2.11. The van der Waals surface area contributed by atoms with E-state index in [9.17, 15) is 4.79 Å². The predicted octanol–water partition coefficient (Wildman–Crippen LogP) is 3.59. The molecule has 1 aromatic heterocycles. The van der Waals surface area contributed by atoms with Crippen molar-refractivity contribution in [1.29, 1.82) is 0 Å². The summed E-state index contributed by atoms with van der Waals surface area (Å²) in [6.07, 6.45) is 2.28. The summed E-state index contributed by atoms with van der Waals surface area (Å²) in [4.78, 5) is 12.0. The monoisotopic (exact) mass is 289 g/mol. The van der Waals surface area contributed by atoms with Crippen LogP contribution in [0.3, 0.4) is 0 Å². The molecule has 1 aliphatic rings. The molecular weight excluding hydrogens is 274 g/mol. The standard InChI is InChI=1S/C15H16ClN3O/c1-9(2)19-15-13(8-17-19)12(7-14(20)18-15)10-4-3-5-11(16)6-10/h3-6,8-9,12H,7H2,1-2H3,(H,18,20). The minimum atomic E-state index is 0.0184. The zero-order valence-corrected chi connectivity index (χ0v) is 12.2. The van der Waals surface area contributed by atoms with Gasteiger partial charge in [-0.05, 0) is 31.5 Å². The smallest absolute Gasteiger partial charge is 0.226 e. The molecule has 3 rings (SSSR count). The van der Waals surface area contributed by atoms with E-state index >= 15 is 0 Å². The lowest BCUT2D eigenvalue weighted by Crippen LogP contribution is -2.25.